The molecule has 0 aliphatic carbocycles. The summed E-state index contributed by atoms with van der Waals surface area (Å²) >= 11 is 5.82. The molecule has 0 radical (unpaired) electrons. The van der Waals surface area contributed by atoms with Gasteiger partial charge in [0.1, 0.15) is 0 Å². The average molecular weight is 262 g/mol. The zero-order valence-corrected chi connectivity index (χ0v) is 10.6. The molecule has 0 bridgehead atoms. The number of benzene rings is 2. The maximum absolute atomic E-state index is 11.0. The molecule has 4 heteroatoms. The minimum atomic E-state index is -0.335. The molecule has 92 valence electrons. The van der Waals surface area contributed by atoms with Crippen LogP contribution in [0.2, 0.25) is 5.02 Å². The van der Waals surface area contributed by atoms with Crippen LogP contribution in [0.5, 0.6) is 0 Å². The zero-order chi connectivity index (χ0) is 13.1. The summed E-state index contributed by atoms with van der Waals surface area (Å²) in [6.07, 6.45) is 0.650. The number of halogens is 1. The Morgan fingerprint density at radius 2 is 1.72 bits per heavy atom. The van der Waals surface area contributed by atoms with Gasteiger partial charge in [-0.3, -0.25) is 10.1 Å². The van der Waals surface area contributed by atoms with E-state index >= 15 is 0 Å². The SMILES string of the molecule is CCc1ccc(-c2ccc(Cl)cc2)cc1[N+](=O)[O-]. The van der Waals surface area contributed by atoms with E-state index in [1.807, 2.05) is 31.2 Å². The van der Waals surface area contributed by atoms with E-state index in [1.54, 1.807) is 18.2 Å². The van der Waals surface area contributed by atoms with E-state index in [4.69, 9.17) is 11.6 Å². The van der Waals surface area contributed by atoms with Gasteiger partial charge in [-0.2, -0.15) is 0 Å². The van der Waals surface area contributed by atoms with Crippen molar-refractivity contribution in [3.8, 4) is 11.1 Å². The van der Waals surface area contributed by atoms with Crippen molar-refractivity contribution in [3.63, 3.8) is 0 Å². The van der Waals surface area contributed by atoms with Gasteiger partial charge in [-0.1, -0.05) is 42.8 Å². The lowest BCUT2D eigenvalue weighted by molar-refractivity contribution is -0.385. The molecule has 2 aromatic rings. The van der Waals surface area contributed by atoms with Gasteiger partial charge in [0, 0.05) is 16.7 Å². The smallest absolute Gasteiger partial charge is 0.258 e. The molecule has 2 rings (SSSR count). The Morgan fingerprint density at radius 3 is 2.28 bits per heavy atom. The van der Waals surface area contributed by atoms with E-state index < -0.39 is 0 Å². The molecule has 0 heterocycles. The summed E-state index contributed by atoms with van der Waals surface area (Å²) in [5.41, 5.74) is 2.67. The van der Waals surface area contributed by atoms with Crippen molar-refractivity contribution in [1.29, 1.82) is 0 Å². The molecule has 0 amide bonds. The standard InChI is InChI=1S/C14H12ClNO2/c1-2-10-3-4-12(9-14(10)16(17)18)11-5-7-13(15)8-6-11/h3-9H,2H2,1H3. The van der Waals surface area contributed by atoms with Crippen molar-refractivity contribution >= 4 is 17.3 Å². The fraction of sp³-hybridized carbons (Fsp3) is 0.143. The van der Waals surface area contributed by atoms with Crippen molar-refractivity contribution < 1.29 is 4.92 Å². The number of nitrogens with zero attached hydrogens (tertiary/aromatic N) is 1. The van der Waals surface area contributed by atoms with E-state index in [1.165, 1.54) is 0 Å². The first-order valence-electron chi connectivity index (χ1n) is 5.65. The predicted octanol–water partition coefficient (Wildman–Crippen LogP) is 4.48. The Morgan fingerprint density at radius 1 is 1.11 bits per heavy atom. The van der Waals surface area contributed by atoms with Gasteiger partial charge in [-0.05, 0) is 29.7 Å². The normalized spacial score (nSPS) is 10.3. The molecule has 2 aromatic carbocycles. The van der Waals surface area contributed by atoms with Crippen molar-refractivity contribution in [1.82, 2.24) is 0 Å². The largest absolute Gasteiger partial charge is 0.273 e. The van der Waals surface area contributed by atoms with Gasteiger partial charge in [0.2, 0.25) is 0 Å². The van der Waals surface area contributed by atoms with Crippen molar-refractivity contribution in [2.75, 3.05) is 0 Å². The summed E-state index contributed by atoms with van der Waals surface area (Å²) in [5, 5.41) is 11.7. The molecule has 0 atom stereocenters. The first-order valence-corrected chi connectivity index (χ1v) is 6.03. The highest BCUT2D eigenvalue weighted by atomic mass is 35.5. The van der Waals surface area contributed by atoms with Crippen molar-refractivity contribution in [2.24, 2.45) is 0 Å². The average Bonchev–Trinajstić information content (AvgIpc) is 2.39. The second kappa shape index (κ2) is 5.19. The zero-order valence-electron chi connectivity index (χ0n) is 9.89. The fourth-order valence-electron chi connectivity index (χ4n) is 1.85. The van der Waals surface area contributed by atoms with Gasteiger partial charge in [0.25, 0.3) is 5.69 Å². The Bertz CT molecular complexity index is 579. The lowest BCUT2D eigenvalue weighted by atomic mass is 10.0. The van der Waals surface area contributed by atoms with Crippen molar-refractivity contribution in [3.05, 3.63) is 63.2 Å². The molecule has 0 aliphatic heterocycles. The second-order valence-electron chi connectivity index (χ2n) is 3.96. The molecule has 3 nitrogen and oxygen atoms in total. The van der Waals surface area contributed by atoms with Gasteiger partial charge in [0.15, 0.2) is 0 Å². The first-order chi connectivity index (χ1) is 8.61. The van der Waals surface area contributed by atoms with Crippen LogP contribution in [0.15, 0.2) is 42.5 Å². The lowest BCUT2D eigenvalue weighted by Gasteiger charge is -2.05. The summed E-state index contributed by atoms with van der Waals surface area (Å²) in [6.45, 7) is 1.91. The Kier molecular flexibility index (Phi) is 3.63. The van der Waals surface area contributed by atoms with Crippen LogP contribution in [-0.4, -0.2) is 4.92 Å². The third kappa shape index (κ3) is 2.51. The van der Waals surface area contributed by atoms with Crippen LogP contribution in [-0.2, 0) is 6.42 Å². The maximum atomic E-state index is 11.0. The maximum Gasteiger partial charge on any atom is 0.273 e. The highest BCUT2D eigenvalue weighted by Crippen LogP contribution is 2.28. The summed E-state index contributed by atoms with van der Waals surface area (Å²) < 4.78 is 0. The molecule has 0 fully saturated rings. The van der Waals surface area contributed by atoms with Crippen molar-refractivity contribution in [2.45, 2.75) is 13.3 Å². The molecule has 0 spiro atoms. The third-order valence-electron chi connectivity index (χ3n) is 2.84. The predicted molar refractivity (Wildman–Crippen MR) is 72.9 cm³/mol. The van der Waals surface area contributed by atoms with Crippen LogP contribution in [0.25, 0.3) is 11.1 Å². The first kappa shape index (κ1) is 12.6. The quantitative estimate of drug-likeness (QED) is 0.604. The van der Waals surface area contributed by atoms with Gasteiger partial charge >= 0.3 is 0 Å². The molecule has 0 saturated heterocycles. The van der Waals surface area contributed by atoms with Crippen LogP contribution in [0.3, 0.4) is 0 Å². The molecule has 0 aliphatic rings. The Hall–Kier alpha value is -1.87. The number of hydrogen-bond acceptors (Lipinski definition) is 2. The minimum absolute atomic E-state index is 0.171. The molecule has 0 aromatic heterocycles. The van der Waals surface area contributed by atoms with Gasteiger partial charge in [0.05, 0.1) is 4.92 Å². The van der Waals surface area contributed by atoms with E-state index in [9.17, 15) is 10.1 Å². The summed E-state index contributed by atoms with van der Waals surface area (Å²) in [5.74, 6) is 0. The van der Waals surface area contributed by atoms with Gasteiger partial charge in [-0.25, -0.2) is 0 Å². The fourth-order valence-corrected chi connectivity index (χ4v) is 1.98. The number of aryl methyl sites for hydroxylation is 1. The molecule has 0 N–H and O–H groups in total. The van der Waals surface area contributed by atoms with E-state index in [0.717, 1.165) is 16.7 Å². The monoisotopic (exact) mass is 261 g/mol. The highest BCUT2D eigenvalue weighted by molar-refractivity contribution is 6.30. The van der Waals surface area contributed by atoms with E-state index in [0.29, 0.717) is 11.4 Å². The second-order valence-corrected chi connectivity index (χ2v) is 4.40. The van der Waals surface area contributed by atoms with Gasteiger partial charge in [-0.15, -0.1) is 0 Å². The van der Waals surface area contributed by atoms with Crippen LogP contribution in [0.1, 0.15) is 12.5 Å². The van der Waals surface area contributed by atoms with Crippen LogP contribution in [0.4, 0.5) is 5.69 Å². The van der Waals surface area contributed by atoms with E-state index in [-0.39, 0.29) is 10.6 Å². The molecule has 0 unspecified atom stereocenters. The number of nitro groups is 1. The Balaban J connectivity index is 2.49. The number of nitro benzene ring substituents is 1. The summed E-state index contributed by atoms with van der Waals surface area (Å²) in [7, 11) is 0. The highest BCUT2D eigenvalue weighted by Gasteiger charge is 2.13. The molecule has 18 heavy (non-hydrogen) atoms. The van der Waals surface area contributed by atoms with Crippen LogP contribution in [0, 0.1) is 10.1 Å². The Labute approximate surface area is 110 Å². The molecule has 0 saturated carbocycles. The molecular formula is C14H12ClNO2. The molecular weight excluding hydrogens is 250 g/mol. The number of rotatable bonds is 3. The summed E-state index contributed by atoms with van der Waals surface area (Å²) in [4.78, 5) is 10.7. The minimum Gasteiger partial charge on any atom is -0.258 e. The topological polar surface area (TPSA) is 43.1 Å². The van der Waals surface area contributed by atoms with E-state index in [2.05, 4.69) is 0 Å². The third-order valence-corrected chi connectivity index (χ3v) is 3.09. The van der Waals surface area contributed by atoms with Crippen LogP contribution < -0.4 is 0 Å². The number of hydrogen-bond donors (Lipinski definition) is 0. The lowest BCUT2D eigenvalue weighted by Crippen LogP contribution is -1.94. The van der Waals surface area contributed by atoms with Crippen LogP contribution >= 0.6 is 11.6 Å². The van der Waals surface area contributed by atoms with Gasteiger partial charge < -0.3 is 0 Å². The summed E-state index contributed by atoms with van der Waals surface area (Å²) in [6, 6.07) is 12.6.